The van der Waals surface area contributed by atoms with Crippen molar-refractivity contribution in [3.05, 3.63) is 46.8 Å². The predicted octanol–water partition coefficient (Wildman–Crippen LogP) is 2.95. The third-order valence-corrected chi connectivity index (χ3v) is 5.00. The topological polar surface area (TPSA) is 67.6 Å². The van der Waals surface area contributed by atoms with Crippen molar-refractivity contribution in [3.63, 3.8) is 0 Å². The number of hydrogen-bond donors (Lipinski definition) is 1. The van der Waals surface area contributed by atoms with Crippen LogP contribution in [0.5, 0.6) is 5.75 Å². The standard InChI is InChI=1S/C20H27N3O3.ClH/c1-4-16-15(18(5-2)26-22-16)12-20(24)23-11-10-21-13-17(23)14-8-6-7-9-19(14)25-3;/h6-9,17,21H,4-5,10-13H2,1-3H3;1H. The number of nitrogens with zero attached hydrogens (tertiary/aromatic N) is 2. The molecule has 0 radical (unpaired) electrons. The number of halogens is 1. The molecular weight excluding hydrogens is 366 g/mol. The van der Waals surface area contributed by atoms with E-state index in [1.807, 2.05) is 43.0 Å². The maximum Gasteiger partial charge on any atom is 0.227 e. The molecule has 1 aromatic heterocycles. The van der Waals surface area contributed by atoms with Gasteiger partial charge in [-0.3, -0.25) is 4.79 Å². The SMILES string of the molecule is CCc1noc(CC)c1CC(=O)N1CCNCC1c1ccccc1OC.Cl. The molecule has 6 nitrogen and oxygen atoms in total. The zero-order valence-corrected chi connectivity index (χ0v) is 17.0. The molecule has 0 saturated carbocycles. The lowest BCUT2D eigenvalue weighted by Gasteiger charge is -2.37. The van der Waals surface area contributed by atoms with Crippen molar-refractivity contribution >= 4 is 18.3 Å². The fraction of sp³-hybridized carbons (Fsp3) is 0.500. The van der Waals surface area contributed by atoms with E-state index in [9.17, 15) is 4.79 Å². The molecule has 7 heteroatoms. The van der Waals surface area contributed by atoms with Crippen molar-refractivity contribution in [2.75, 3.05) is 26.7 Å². The molecule has 1 saturated heterocycles. The highest BCUT2D eigenvalue weighted by Gasteiger charge is 2.31. The van der Waals surface area contributed by atoms with Gasteiger partial charge in [0.15, 0.2) is 0 Å². The Hall–Kier alpha value is -2.05. The lowest BCUT2D eigenvalue weighted by atomic mass is 10.00. The average Bonchev–Trinajstić information content (AvgIpc) is 3.09. The first-order valence-corrected chi connectivity index (χ1v) is 9.28. The molecule has 1 unspecified atom stereocenters. The Morgan fingerprint density at radius 3 is 2.81 bits per heavy atom. The van der Waals surface area contributed by atoms with E-state index in [1.165, 1.54) is 0 Å². The number of piperazine rings is 1. The number of amides is 1. The number of carbonyl (C=O) groups excluding carboxylic acids is 1. The first-order valence-electron chi connectivity index (χ1n) is 9.28. The van der Waals surface area contributed by atoms with Crippen LogP contribution in [0.2, 0.25) is 0 Å². The third-order valence-electron chi connectivity index (χ3n) is 5.00. The lowest BCUT2D eigenvalue weighted by molar-refractivity contribution is -0.133. The van der Waals surface area contributed by atoms with Crippen LogP contribution in [-0.2, 0) is 24.1 Å². The minimum atomic E-state index is -0.0394. The fourth-order valence-electron chi connectivity index (χ4n) is 3.61. The Morgan fingerprint density at radius 2 is 2.11 bits per heavy atom. The molecule has 0 spiro atoms. The highest BCUT2D eigenvalue weighted by atomic mass is 35.5. The summed E-state index contributed by atoms with van der Waals surface area (Å²) in [5.74, 6) is 1.74. The summed E-state index contributed by atoms with van der Waals surface area (Å²) in [6.07, 6.45) is 1.85. The first kappa shape index (κ1) is 21.3. The number of hydrogen-bond acceptors (Lipinski definition) is 5. The number of ether oxygens (including phenoxy) is 1. The molecule has 3 rings (SSSR count). The lowest BCUT2D eigenvalue weighted by Crippen LogP contribution is -2.49. The monoisotopic (exact) mass is 393 g/mol. The smallest absolute Gasteiger partial charge is 0.227 e. The van der Waals surface area contributed by atoms with Crippen LogP contribution in [0.4, 0.5) is 0 Å². The molecule has 1 fully saturated rings. The minimum absolute atomic E-state index is 0. The number of aromatic nitrogens is 1. The summed E-state index contributed by atoms with van der Waals surface area (Å²) < 4.78 is 10.9. The summed E-state index contributed by atoms with van der Waals surface area (Å²) in [6, 6.07) is 7.87. The van der Waals surface area contributed by atoms with E-state index >= 15 is 0 Å². The summed E-state index contributed by atoms with van der Waals surface area (Å²) in [6.45, 7) is 6.25. The Bertz CT molecular complexity index is 741. The van der Waals surface area contributed by atoms with Gasteiger partial charge in [-0.05, 0) is 12.5 Å². The van der Waals surface area contributed by atoms with Crippen molar-refractivity contribution in [1.82, 2.24) is 15.4 Å². The molecular formula is C20H28ClN3O3. The van der Waals surface area contributed by atoms with Gasteiger partial charge in [0, 0.05) is 37.2 Å². The van der Waals surface area contributed by atoms with Gasteiger partial charge in [0.05, 0.1) is 25.3 Å². The molecule has 1 aliphatic rings. The number of benzene rings is 1. The Balaban J connectivity index is 0.00000261. The van der Waals surface area contributed by atoms with Gasteiger partial charge < -0.3 is 19.5 Å². The Labute approximate surface area is 166 Å². The van der Waals surface area contributed by atoms with Gasteiger partial charge in [0.25, 0.3) is 0 Å². The summed E-state index contributed by atoms with van der Waals surface area (Å²) in [5, 5.41) is 7.52. The van der Waals surface area contributed by atoms with Crippen LogP contribution >= 0.6 is 12.4 Å². The highest BCUT2D eigenvalue weighted by Crippen LogP contribution is 2.31. The molecule has 2 aromatic rings. The van der Waals surface area contributed by atoms with Crippen molar-refractivity contribution in [2.24, 2.45) is 0 Å². The molecule has 1 aromatic carbocycles. The van der Waals surface area contributed by atoms with Gasteiger partial charge in [-0.25, -0.2) is 0 Å². The zero-order chi connectivity index (χ0) is 18.5. The average molecular weight is 394 g/mol. The molecule has 2 heterocycles. The predicted molar refractivity (Wildman–Crippen MR) is 107 cm³/mol. The normalized spacial score (nSPS) is 16.7. The van der Waals surface area contributed by atoms with Gasteiger partial charge >= 0.3 is 0 Å². The quantitative estimate of drug-likeness (QED) is 0.817. The number of aryl methyl sites for hydroxylation is 2. The van der Waals surface area contributed by atoms with E-state index in [-0.39, 0.29) is 24.4 Å². The van der Waals surface area contributed by atoms with Crippen molar-refractivity contribution in [2.45, 2.75) is 39.2 Å². The van der Waals surface area contributed by atoms with Crippen LogP contribution in [0, 0.1) is 0 Å². The van der Waals surface area contributed by atoms with Crippen molar-refractivity contribution in [1.29, 1.82) is 0 Å². The molecule has 148 valence electrons. The fourth-order valence-corrected chi connectivity index (χ4v) is 3.61. The summed E-state index contributed by atoms with van der Waals surface area (Å²) >= 11 is 0. The summed E-state index contributed by atoms with van der Waals surface area (Å²) in [4.78, 5) is 15.1. The van der Waals surface area contributed by atoms with E-state index < -0.39 is 0 Å². The molecule has 27 heavy (non-hydrogen) atoms. The van der Waals surface area contributed by atoms with E-state index in [2.05, 4.69) is 10.5 Å². The van der Waals surface area contributed by atoms with E-state index in [0.717, 1.165) is 54.3 Å². The molecule has 0 bridgehead atoms. The van der Waals surface area contributed by atoms with E-state index in [4.69, 9.17) is 9.26 Å². The molecule has 0 aliphatic carbocycles. The molecule has 1 N–H and O–H groups in total. The minimum Gasteiger partial charge on any atom is -0.496 e. The number of carbonyl (C=O) groups is 1. The number of rotatable bonds is 6. The van der Waals surface area contributed by atoms with E-state index in [1.54, 1.807) is 7.11 Å². The first-order chi connectivity index (χ1) is 12.7. The van der Waals surface area contributed by atoms with Gasteiger partial charge in [-0.1, -0.05) is 37.2 Å². The molecule has 1 atom stereocenters. The van der Waals surface area contributed by atoms with Crippen molar-refractivity contribution in [3.8, 4) is 5.75 Å². The highest BCUT2D eigenvalue weighted by molar-refractivity contribution is 5.85. The number of methoxy groups -OCH3 is 1. The maximum atomic E-state index is 13.2. The van der Waals surface area contributed by atoms with Gasteiger partial charge in [0.2, 0.25) is 5.91 Å². The van der Waals surface area contributed by atoms with Crippen LogP contribution in [-0.4, -0.2) is 42.7 Å². The number of nitrogens with one attached hydrogen (secondary N) is 1. The van der Waals surface area contributed by atoms with Crippen molar-refractivity contribution < 1.29 is 14.1 Å². The summed E-state index contributed by atoms with van der Waals surface area (Å²) in [7, 11) is 1.67. The second-order valence-electron chi connectivity index (χ2n) is 6.46. The van der Waals surface area contributed by atoms with Crippen LogP contribution in [0.3, 0.4) is 0 Å². The zero-order valence-electron chi connectivity index (χ0n) is 16.2. The molecule has 1 aliphatic heterocycles. The van der Waals surface area contributed by atoms with E-state index in [0.29, 0.717) is 13.0 Å². The Morgan fingerprint density at radius 1 is 1.33 bits per heavy atom. The van der Waals surface area contributed by atoms with Gasteiger partial charge in [-0.15, -0.1) is 12.4 Å². The second-order valence-corrected chi connectivity index (χ2v) is 6.46. The maximum absolute atomic E-state index is 13.2. The summed E-state index contributed by atoms with van der Waals surface area (Å²) in [5.41, 5.74) is 2.88. The Kier molecular flexibility index (Phi) is 7.68. The van der Waals surface area contributed by atoms with Crippen LogP contribution in [0.25, 0.3) is 0 Å². The van der Waals surface area contributed by atoms with Crippen LogP contribution in [0.1, 0.15) is 42.5 Å². The second kappa shape index (κ2) is 9.76. The van der Waals surface area contributed by atoms with Crippen LogP contribution in [0.15, 0.2) is 28.8 Å². The van der Waals surface area contributed by atoms with Gasteiger partial charge in [-0.2, -0.15) is 0 Å². The largest absolute Gasteiger partial charge is 0.496 e. The van der Waals surface area contributed by atoms with Gasteiger partial charge in [0.1, 0.15) is 11.5 Å². The van der Waals surface area contributed by atoms with Crippen LogP contribution < -0.4 is 10.1 Å². The molecule has 1 amide bonds. The number of para-hydroxylation sites is 1. The third kappa shape index (κ3) is 4.45.